The van der Waals surface area contributed by atoms with Crippen molar-refractivity contribution in [1.82, 2.24) is 14.1 Å². The second-order valence-electron chi connectivity index (χ2n) is 9.03. The number of benzene rings is 1. The molecule has 37 heavy (non-hydrogen) atoms. The lowest BCUT2D eigenvalue weighted by Crippen LogP contribution is -2.38. The number of nitriles is 1. The van der Waals surface area contributed by atoms with Crippen molar-refractivity contribution in [2.45, 2.75) is 43.0 Å². The van der Waals surface area contributed by atoms with E-state index in [9.17, 15) is 4.79 Å². The third-order valence-electron chi connectivity index (χ3n) is 6.45. The fraction of sp³-hybridized carbons (Fsp3) is 0.542. The smallest absolute Gasteiger partial charge is 0.287 e. The van der Waals surface area contributed by atoms with Gasteiger partial charge >= 0.3 is 0 Å². The highest BCUT2D eigenvalue weighted by molar-refractivity contribution is 8.00. The topological polar surface area (TPSA) is 127 Å². The molecule has 0 radical (unpaired) electrons. The molecule has 2 aromatic rings. The first-order valence-corrected chi connectivity index (χ1v) is 14.4. The molecule has 1 saturated carbocycles. The Morgan fingerprint density at radius 2 is 1.97 bits per heavy atom. The zero-order chi connectivity index (χ0) is 26.2. The third-order valence-corrected chi connectivity index (χ3v) is 9.27. The predicted molar refractivity (Wildman–Crippen MR) is 148 cm³/mol. The Morgan fingerprint density at radius 1 is 1.24 bits per heavy atom. The minimum atomic E-state index is -0.229. The lowest BCUT2D eigenvalue weighted by molar-refractivity contribution is -0.176. The van der Waals surface area contributed by atoms with Gasteiger partial charge < -0.3 is 14.4 Å². The van der Waals surface area contributed by atoms with E-state index in [4.69, 9.17) is 32.1 Å². The van der Waals surface area contributed by atoms with Gasteiger partial charge in [0.2, 0.25) is 0 Å². The fourth-order valence-corrected chi connectivity index (χ4v) is 6.64. The van der Waals surface area contributed by atoms with Crippen molar-refractivity contribution in [3.8, 4) is 6.07 Å². The van der Waals surface area contributed by atoms with Crippen LogP contribution in [-0.4, -0.2) is 74.5 Å². The highest BCUT2D eigenvalue weighted by atomic mass is 35.5. The number of rotatable bonds is 8. The van der Waals surface area contributed by atoms with Crippen LogP contribution < -0.4 is 15.2 Å². The van der Waals surface area contributed by atoms with Crippen LogP contribution in [0.15, 0.2) is 35.3 Å². The number of anilines is 2. The highest BCUT2D eigenvalue weighted by Crippen LogP contribution is 2.39. The molecule has 3 heterocycles. The summed E-state index contributed by atoms with van der Waals surface area (Å²) in [5, 5.41) is 29.4. The first kappa shape index (κ1) is 28.0. The number of ether oxygens (including phenoxy) is 1. The molecule has 3 aliphatic rings. The maximum Gasteiger partial charge on any atom is 0.287 e. The Kier molecular flexibility index (Phi) is 10.4. The van der Waals surface area contributed by atoms with Crippen LogP contribution in [0.2, 0.25) is 5.02 Å². The molecule has 13 heteroatoms. The van der Waals surface area contributed by atoms with Crippen molar-refractivity contribution in [2.75, 3.05) is 48.2 Å². The molecule has 1 aromatic carbocycles. The number of hydrogen-bond donors (Lipinski definition) is 3. The summed E-state index contributed by atoms with van der Waals surface area (Å²) in [6.45, 7) is 3.92. The quantitative estimate of drug-likeness (QED) is 0.242. The van der Waals surface area contributed by atoms with E-state index in [0.717, 1.165) is 44.0 Å². The molecule has 1 aliphatic carbocycles. The van der Waals surface area contributed by atoms with Gasteiger partial charge in [0.25, 0.3) is 5.56 Å². The minimum absolute atomic E-state index is 0.0393. The van der Waals surface area contributed by atoms with Crippen molar-refractivity contribution in [3.63, 3.8) is 0 Å². The van der Waals surface area contributed by atoms with Gasteiger partial charge in [-0.3, -0.25) is 15.3 Å². The van der Waals surface area contributed by atoms with Gasteiger partial charge in [0.05, 0.1) is 42.8 Å². The number of thioether (sulfide) groups is 1. The molecule has 1 aromatic heterocycles. The van der Waals surface area contributed by atoms with Crippen molar-refractivity contribution in [2.24, 2.45) is 0 Å². The molecule has 0 spiro atoms. The summed E-state index contributed by atoms with van der Waals surface area (Å²) in [6, 6.07) is 10.6. The summed E-state index contributed by atoms with van der Waals surface area (Å²) in [7, 11) is 0. The van der Waals surface area contributed by atoms with Crippen LogP contribution >= 0.6 is 35.5 Å². The Labute approximate surface area is 229 Å². The molecule has 200 valence electrons. The molecule has 0 bridgehead atoms. The van der Waals surface area contributed by atoms with Gasteiger partial charge in [0, 0.05) is 54.5 Å². The zero-order valence-electron chi connectivity index (χ0n) is 20.3. The highest BCUT2D eigenvalue weighted by Gasteiger charge is 2.33. The van der Waals surface area contributed by atoms with Crippen LogP contribution in [0.3, 0.4) is 0 Å². The molecule has 3 N–H and O–H groups in total. The van der Waals surface area contributed by atoms with Gasteiger partial charge in [0.1, 0.15) is 5.02 Å². The molecule has 10 nitrogen and oxygen atoms in total. The van der Waals surface area contributed by atoms with Gasteiger partial charge in [-0.25, -0.2) is 8.99 Å². The lowest BCUT2D eigenvalue weighted by atomic mass is 10.1. The van der Waals surface area contributed by atoms with Gasteiger partial charge in [0.15, 0.2) is 0 Å². The van der Waals surface area contributed by atoms with Gasteiger partial charge in [-0.15, -0.1) is 0 Å². The Morgan fingerprint density at radius 3 is 2.59 bits per heavy atom. The number of halogens is 1. The molecule has 2 aliphatic heterocycles. The monoisotopic (exact) mass is 566 g/mol. The summed E-state index contributed by atoms with van der Waals surface area (Å²) in [6.07, 6.45) is 5.73. The maximum atomic E-state index is 13.0. The molecule has 2 saturated heterocycles. The number of nitrogens with zero attached hydrogens (tertiary/aromatic N) is 5. The van der Waals surface area contributed by atoms with Crippen LogP contribution in [0.5, 0.6) is 0 Å². The van der Waals surface area contributed by atoms with Crippen molar-refractivity contribution >= 4 is 46.9 Å². The molecular weight excluding hydrogens is 536 g/mol. The first-order valence-electron chi connectivity index (χ1n) is 12.3. The molecule has 0 amide bonds. The molecular formula is C24H31ClN6O4S2. The van der Waals surface area contributed by atoms with E-state index >= 15 is 0 Å². The van der Waals surface area contributed by atoms with Crippen LogP contribution in [-0.2, 0) is 4.74 Å². The van der Waals surface area contributed by atoms with Gasteiger partial charge in [-0.1, -0.05) is 11.6 Å². The average Bonchev–Trinajstić information content (AvgIpc) is 3.80. The van der Waals surface area contributed by atoms with E-state index in [1.807, 2.05) is 36.0 Å². The number of hydrogen-bond acceptors (Lipinski definition) is 11. The van der Waals surface area contributed by atoms with E-state index in [1.54, 1.807) is 23.0 Å². The van der Waals surface area contributed by atoms with E-state index in [2.05, 4.69) is 25.1 Å². The zero-order valence-corrected chi connectivity index (χ0v) is 22.7. The predicted octanol–water partition coefficient (Wildman–Crippen LogP) is 4.20. The Bertz CT molecular complexity index is 1110. The summed E-state index contributed by atoms with van der Waals surface area (Å²) >= 11 is 10.1. The number of aromatic nitrogens is 2. The van der Waals surface area contributed by atoms with Crippen molar-refractivity contribution in [3.05, 3.63) is 51.4 Å². The van der Waals surface area contributed by atoms with Gasteiger partial charge in [-0.05, 0) is 49.9 Å². The third kappa shape index (κ3) is 7.32. The van der Waals surface area contributed by atoms with Gasteiger partial charge in [-0.2, -0.15) is 22.1 Å². The van der Waals surface area contributed by atoms with Crippen LogP contribution in [0.1, 0.15) is 37.3 Å². The fourth-order valence-electron chi connectivity index (χ4n) is 4.32. The molecule has 0 unspecified atom stereocenters. The number of piperidine rings is 1. The van der Waals surface area contributed by atoms with E-state index in [-0.39, 0.29) is 16.6 Å². The molecule has 1 atom stereocenters. The van der Waals surface area contributed by atoms with E-state index in [0.29, 0.717) is 35.7 Å². The van der Waals surface area contributed by atoms with Crippen molar-refractivity contribution in [1.29, 1.82) is 5.26 Å². The van der Waals surface area contributed by atoms with Crippen LogP contribution in [0.25, 0.3) is 0 Å². The van der Waals surface area contributed by atoms with Crippen LogP contribution in [0.4, 0.5) is 11.4 Å². The minimum Gasteiger partial charge on any atom is -0.381 e. The lowest BCUT2D eigenvalue weighted by Gasteiger charge is -2.35. The molecule has 3 fully saturated rings. The normalized spacial score (nSPS) is 20.4. The molecule has 5 rings (SSSR count). The second kappa shape index (κ2) is 13.7. The average molecular weight is 567 g/mol. The Balaban J connectivity index is 0.00000156. The van der Waals surface area contributed by atoms with Crippen molar-refractivity contribution < 1.29 is 15.3 Å². The second-order valence-corrected chi connectivity index (χ2v) is 11.9. The SMILES string of the molecule is N#Cc1ccc(N(SN2CCC(n3ncc(NC[C@H]4COCCS4)c(Cl)c3=O)CC2)C2CC2)cc1.OO. The first-order chi connectivity index (χ1) is 18.1. The summed E-state index contributed by atoms with van der Waals surface area (Å²) in [5.41, 5.74) is 2.17. The summed E-state index contributed by atoms with van der Waals surface area (Å²) < 4.78 is 11.8. The maximum absolute atomic E-state index is 13.0. The summed E-state index contributed by atoms with van der Waals surface area (Å²) in [5.74, 6) is 0.989. The largest absolute Gasteiger partial charge is 0.381 e. The van der Waals surface area contributed by atoms with E-state index in [1.165, 1.54) is 12.8 Å². The number of nitrogens with one attached hydrogen (secondary N) is 1. The Hall–Kier alpha value is -1.98. The van der Waals surface area contributed by atoms with E-state index < -0.39 is 0 Å². The standard InChI is InChI=1S/C24H29ClN6O2S2.H2O2/c25-23-22(27-14-21-16-33-11-12-34-21)15-28-30(24(23)32)18-7-9-29(10-8-18)35-31(20-5-6-20)19-3-1-17(13-26)2-4-19;1-2/h1-4,15,18,20-21,27H,5-12,14,16H2;1-2H/t21-;/m0./s1. The van der Waals surface area contributed by atoms with Crippen LogP contribution in [0, 0.1) is 11.3 Å². The summed E-state index contributed by atoms with van der Waals surface area (Å²) in [4.78, 5) is 13.0.